The number of hydrogen-bond acceptors (Lipinski definition) is 4. The van der Waals surface area contributed by atoms with Gasteiger partial charge in [-0.1, -0.05) is 22.0 Å². The highest BCUT2D eigenvalue weighted by Gasteiger charge is 2.37. The summed E-state index contributed by atoms with van der Waals surface area (Å²) in [6.45, 7) is 0.486. The third-order valence-electron chi connectivity index (χ3n) is 4.40. The number of benzene rings is 2. The average Bonchev–Trinajstić information content (AvgIpc) is 3.11. The molecule has 2 aromatic rings. The molecule has 25 heavy (non-hydrogen) atoms. The lowest BCUT2D eigenvalue weighted by molar-refractivity contribution is 0.361. The van der Waals surface area contributed by atoms with E-state index < -0.39 is 10.0 Å². The molecule has 1 atom stereocenters. The van der Waals surface area contributed by atoms with Crippen LogP contribution in [-0.4, -0.2) is 33.5 Å². The van der Waals surface area contributed by atoms with E-state index in [9.17, 15) is 8.42 Å². The van der Waals surface area contributed by atoms with Gasteiger partial charge in [-0.3, -0.25) is 0 Å². The molecule has 134 valence electrons. The topological polar surface area (TPSA) is 55.8 Å². The zero-order chi connectivity index (χ0) is 18.0. The molecule has 1 aliphatic rings. The molecule has 0 amide bonds. The van der Waals surface area contributed by atoms with Gasteiger partial charge in [-0.2, -0.15) is 4.31 Å². The minimum atomic E-state index is -3.60. The Balaban J connectivity index is 2.04. The molecule has 0 saturated carbocycles. The van der Waals surface area contributed by atoms with E-state index in [0.29, 0.717) is 18.0 Å². The summed E-state index contributed by atoms with van der Waals surface area (Å²) in [4.78, 5) is 0.288. The number of methoxy groups -OCH3 is 2. The summed E-state index contributed by atoms with van der Waals surface area (Å²) in [5.74, 6) is 1.35. The fourth-order valence-electron chi connectivity index (χ4n) is 3.20. The Morgan fingerprint density at radius 3 is 2.60 bits per heavy atom. The van der Waals surface area contributed by atoms with Gasteiger partial charge in [0.05, 0.1) is 25.2 Å². The minimum absolute atomic E-state index is 0.269. The monoisotopic (exact) mass is 425 g/mol. The normalized spacial score (nSPS) is 18.3. The van der Waals surface area contributed by atoms with Gasteiger partial charge < -0.3 is 9.47 Å². The van der Waals surface area contributed by atoms with Crippen molar-refractivity contribution < 1.29 is 17.9 Å². The van der Waals surface area contributed by atoms with Gasteiger partial charge in [0.2, 0.25) is 10.0 Å². The predicted octanol–water partition coefficient (Wildman–Crippen LogP) is 3.99. The molecule has 1 fully saturated rings. The van der Waals surface area contributed by atoms with Crippen LogP contribution in [-0.2, 0) is 10.0 Å². The first-order valence-corrected chi connectivity index (χ1v) is 10.2. The Labute approximate surface area is 156 Å². The van der Waals surface area contributed by atoms with Crippen LogP contribution in [0.4, 0.5) is 0 Å². The van der Waals surface area contributed by atoms with Gasteiger partial charge in [0, 0.05) is 16.6 Å². The lowest BCUT2D eigenvalue weighted by Crippen LogP contribution is -2.31. The molecule has 0 aromatic heterocycles. The van der Waals surface area contributed by atoms with Crippen molar-refractivity contribution in [3.05, 3.63) is 52.5 Å². The van der Waals surface area contributed by atoms with Crippen molar-refractivity contribution in [3.8, 4) is 11.5 Å². The summed E-state index contributed by atoms with van der Waals surface area (Å²) in [5, 5.41) is 0. The summed E-state index contributed by atoms with van der Waals surface area (Å²) in [6.07, 6.45) is 1.55. The lowest BCUT2D eigenvalue weighted by atomic mass is 10.0. The van der Waals surface area contributed by atoms with Crippen LogP contribution in [0, 0.1) is 0 Å². The van der Waals surface area contributed by atoms with E-state index in [2.05, 4.69) is 15.9 Å². The van der Waals surface area contributed by atoms with Crippen LogP contribution < -0.4 is 9.47 Å². The SMILES string of the molecule is COc1ccc(OC)c(C2CCCN2S(=O)(=O)c2cccc(Br)c2)c1. The molecule has 2 aromatic carbocycles. The van der Waals surface area contributed by atoms with Gasteiger partial charge in [-0.25, -0.2) is 8.42 Å². The summed E-state index contributed by atoms with van der Waals surface area (Å²) >= 11 is 3.35. The van der Waals surface area contributed by atoms with Crippen molar-refractivity contribution >= 4 is 26.0 Å². The van der Waals surface area contributed by atoms with E-state index in [1.807, 2.05) is 24.3 Å². The van der Waals surface area contributed by atoms with Crippen molar-refractivity contribution in [3.63, 3.8) is 0 Å². The average molecular weight is 426 g/mol. The van der Waals surface area contributed by atoms with E-state index in [1.165, 1.54) is 0 Å². The third-order valence-corrected chi connectivity index (χ3v) is 6.80. The quantitative estimate of drug-likeness (QED) is 0.726. The summed E-state index contributed by atoms with van der Waals surface area (Å²) in [5.41, 5.74) is 0.831. The highest BCUT2D eigenvalue weighted by Crippen LogP contribution is 2.41. The van der Waals surface area contributed by atoms with Crippen LogP contribution in [0.25, 0.3) is 0 Å². The first kappa shape index (κ1) is 18.2. The first-order valence-electron chi connectivity index (χ1n) is 7.96. The highest BCUT2D eigenvalue weighted by atomic mass is 79.9. The lowest BCUT2D eigenvalue weighted by Gasteiger charge is -2.26. The second-order valence-electron chi connectivity index (χ2n) is 5.84. The van der Waals surface area contributed by atoms with Gasteiger partial charge in [0.25, 0.3) is 0 Å². The number of sulfonamides is 1. The van der Waals surface area contributed by atoms with E-state index in [1.54, 1.807) is 36.7 Å². The molecule has 3 rings (SSSR count). The van der Waals surface area contributed by atoms with Gasteiger partial charge in [-0.05, 0) is 49.2 Å². The van der Waals surface area contributed by atoms with Crippen LogP contribution >= 0.6 is 15.9 Å². The molecule has 1 unspecified atom stereocenters. The van der Waals surface area contributed by atoms with Crippen LogP contribution in [0.5, 0.6) is 11.5 Å². The maximum atomic E-state index is 13.2. The molecule has 1 aliphatic heterocycles. The number of hydrogen-bond donors (Lipinski definition) is 0. The smallest absolute Gasteiger partial charge is 0.243 e. The molecule has 0 bridgehead atoms. The summed E-state index contributed by atoms with van der Waals surface area (Å²) < 4.78 is 39.4. The standard InChI is InChI=1S/C18H20BrNO4S/c1-23-14-8-9-18(24-2)16(12-14)17-7-4-10-20(17)25(21,22)15-6-3-5-13(19)11-15/h3,5-6,8-9,11-12,17H,4,7,10H2,1-2H3. The van der Waals surface area contributed by atoms with Crippen molar-refractivity contribution in [2.75, 3.05) is 20.8 Å². The third kappa shape index (κ3) is 3.54. The highest BCUT2D eigenvalue weighted by molar-refractivity contribution is 9.10. The Bertz CT molecular complexity index is 869. The number of ether oxygens (including phenoxy) is 2. The minimum Gasteiger partial charge on any atom is -0.497 e. The zero-order valence-corrected chi connectivity index (χ0v) is 16.5. The molecule has 0 spiro atoms. The van der Waals surface area contributed by atoms with Gasteiger partial charge in [0.15, 0.2) is 0 Å². The van der Waals surface area contributed by atoms with E-state index in [4.69, 9.17) is 9.47 Å². The zero-order valence-electron chi connectivity index (χ0n) is 14.1. The molecule has 1 saturated heterocycles. The van der Waals surface area contributed by atoms with Crippen LogP contribution in [0.3, 0.4) is 0 Å². The molecule has 5 nitrogen and oxygen atoms in total. The second-order valence-corrected chi connectivity index (χ2v) is 8.65. The molecular formula is C18H20BrNO4S. The molecular weight excluding hydrogens is 406 g/mol. The molecule has 0 radical (unpaired) electrons. The van der Waals surface area contributed by atoms with Crippen molar-refractivity contribution in [1.82, 2.24) is 4.31 Å². The Kier molecular flexibility index (Phi) is 5.36. The van der Waals surface area contributed by atoms with Gasteiger partial charge in [0.1, 0.15) is 11.5 Å². The molecule has 1 heterocycles. The summed E-state index contributed by atoms with van der Waals surface area (Å²) in [6, 6.07) is 12.0. The van der Waals surface area contributed by atoms with Gasteiger partial charge >= 0.3 is 0 Å². The van der Waals surface area contributed by atoms with E-state index >= 15 is 0 Å². The maximum Gasteiger partial charge on any atom is 0.243 e. The van der Waals surface area contributed by atoms with Crippen LogP contribution in [0.15, 0.2) is 51.8 Å². The molecule has 0 aliphatic carbocycles. The molecule has 0 N–H and O–H groups in total. The van der Waals surface area contributed by atoms with Crippen LogP contribution in [0.1, 0.15) is 24.4 Å². The Morgan fingerprint density at radius 2 is 1.92 bits per heavy atom. The largest absolute Gasteiger partial charge is 0.497 e. The fourth-order valence-corrected chi connectivity index (χ4v) is 5.47. The Hall–Kier alpha value is -1.57. The maximum absolute atomic E-state index is 13.2. The van der Waals surface area contributed by atoms with Gasteiger partial charge in [-0.15, -0.1) is 0 Å². The second kappa shape index (κ2) is 7.35. The van der Waals surface area contributed by atoms with Crippen LogP contribution in [0.2, 0.25) is 0 Å². The first-order chi connectivity index (χ1) is 12.0. The number of rotatable bonds is 5. The van der Waals surface area contributed by atoms with E-state index in [-0.39, 0.29) is 10.9 Å². The predicted molar refractivity (Wildman–Crippen MR) is 99.6 cm³/mol. The molecule has 7 heteroatoms. The van der Waals surface area contributed by atoms with Crippen molar-refractivity contribution in [2.24, 2.45) is 0 Å². The van der Waals surface area contributed by atoms with E-state index in [0.717, 1.165) is 22.9 Å². The Morgan fingerprint density at radius 1 is 1.12 bits per heavy atom. The van der Waals surface area contributed by atoms with Crippen molar-refractivity contribution in [2.45, 2.75) is 23.8 Å². The fraction of sp³-hybridized carbons (Fsp3) is 0.333. The number of nitrogens with zero attached hydrogens (tertiary/aromatic N) is 1. The summed E-state index contributed by atoms with van der Waals surface area (Å²) in [7, 11) is -0.412. The van der Waals surface area contributed by atoms with Crippen molar-refractivity contribution in [1.29, 1.82) is 0 Å². The number of halogens is 1.